The number of nitro benzene ring substituents is 2. The minimum Gasteiger partial charge on any atom is -0.481 e. The standard InChI is InChI=1S/C16H22N2O8S.C15H27NO6.C14H25NO6.C10H12N2O6S.C4H9NO2/c1-16(2,3)26-15(20)11-17(10-9-14(19)25-4)27(23,24)13-8-6-5-7-12(13)18(21)22;1-14(2,3)21-12(18)10-16(9-8-11(17)20-7)13(19)22-15(4,5)6;1-13(2,3)20-11(18)9-15(8-7-10(16)17)12(19)21-14(4,5)6;1-18-10(13)6-7-11-19(16,17)9-5-3-2-4-8(9)12(14)15;1-7-4(6)2-3-5/h5-8H,9-11H2,1-4H3;8-10H2,1-7H3;7-9H2,1-6H3,(H,16,17);2-5,11H,6-7H2,1H3;2-3,5H2,1H3. The first-order valence-electron chi connectivity index (χ1n) is 29.0. The van der Waals surface area contributed by atoms with Gasteiger partial charge in [-0.15, -0.1) is 0 Å². The highest BCUT2D eigenvalue weighted by molar-refractivity contribution is 7.89. The van der Waals surface area contributed by atoms with Crippen LogP contribution in [0.15, 0.2) is 58.3 Å². The van der Waals surface area contributed by atoms with E-state index in [4.69, 9.17) is 34.5 Å². The van der Waals surface area contributed by atoms with Gasteiger partial charge in [0.1, 0.15) is 47.6 Å². The topological polar surface area (TPSA) is 476 Å². The van der Waals surface area contributed by atoms with Crippen molar-refractivity contribution in [2.24, 2.45) is 5.73 Å². The van der Waals surface area contributed by atoms with Gasteiger partial charge in [0.15, 0.2) is 9.79 Å². The van der Waals surface area contributed by atoms with Gasteiger partial charge in [0.05, 0.1) is 70.4 Å². The summed E-state index contributed by atoms with van der Waals surface area (Å²) in [5, 5.41) is 30.6. The Labute approximate surface area is 559 Å². The van der Waals surface area contributed by atoms with E-state index in [9.17, 15) is 85.0 Å². The summed E-state index contributed by atoms with van der Waals surface area (Å²) in [5.41, 5.74) is 0.235. The van der Waals surface area contributed by atoms with Crippen LogP contribution in [0.3, 0.4) is 0 Å². The van der Waals surface area contributed by atoms with E-state index in [2.05, 4.69) is 23.7 Å². The molecule has 35 nitrogen and oxygen atoms in total. The second-order valence-corrected chi connectivity index (χ2v) is 28.1. The fraction of sp³-hybridized carbons (Fsp3) is 0.627. The Hall–Kier alpha value is -8.68. The number of carboxylic acids is 1. The summed E-state index contributed by atoms with van der Waals surface area (Å²) in [6.07, 6.45) is -1.90. The average molecular weight is 1410 g/mol. The number of carboxylic acid groups (broad SMARTS) is 1. The number of rotatable bonds is 26. The second-order valence-electron chi connectivity index (χ2n) is 24.5. The fourth-order valence-electron chi connectivity index (χ4n) is 6.35. The van der Waals surface area contributed by atoms with Crippen LogP contribution >= 0.6 is 0 Å². The van der Waals surface area contributed by atoms with Crippen LogP contribution in [0.25, 0.3) is 0 Å². The highest BCUT2D eigenvalue weighted by Crippen LogP contribution is 2.27. The predicted molar refractivity (Wildman–Crippen MR) is 341 cm³/mol. The Balaban J connectivity index is -0.00000117. The molecule has 0 heterocycles. The van der Waals surface area contributed by atoms with Gasteiger partial charge in [0, 0.05) is 44.9 Å². The lowest BCUT2D eigenvalue weighted by Crippen LogP contribution is -2.42. The molecule has 0 saturated heterocycles. The van der Waals surface area contributed by atoms with Gasteiger partial charge in [-0.2, -0.15) is 4.31 Å². The van der Waals surface area contributed by atoms with Crippen molar-refractivity contribution in [2.45, 2.75) is 174 Å². The number of nitro groups is 2. The molecule has 2 aromatic rings. The molecule has 0 atom stereocenters. The quantitative estimate of drug-likeness (QED) is 0.0446. The Morgan fingerprint density at radius 1 is 0.458 bits per heavy atom. The Kier molecular flexibility index (Phi) is 40.7. The summed E-state index contributed by atoms with van der Waals surface area (Å²) >= 11 is 0. The number of carbonyl (C=O) groups excluding carboxylic acids is 9. The van der Waals surface area contributed by atoms with Crippen molar-refractivity contribution in [1.82, 2.24) is 18.8 Å². The van der Waals surface area contributed by atoms with E-state index in [0.29, 0.717) is 17.3 Å². The third-order valence-electron chi connectivity index (χ3n) is 10.2. The molecule has 2 amide bonds. The van der Waals surface area contributed by atoms with E-state index in [-0.39, 0.29) is 64.4 Å². The molecule has 0 saturated carbocycles. The molecule has 0 fully saturated rings. The third kappa shape index (κ3) is 44.1. The van der Waals surface area contributed by atoms with E-state index in [1.165, 1.54) is 45.6 Å². The van der Waals surface area contributed by atoms with Gasteiger partial charge in [-0.1, -0.05) is 24.3 Å². The van der Waals surface area contributed by atoms with E-state index in [0.717, 1.165) is 41.2 Å². The lowest BCUT2D eigenvalue weighted by atomic mass is 10.2. The largest absolute Gasteiger partial charge is 0.481 e. The van der Waals surface area contributed by atoms with Gasteiger partial charge in [0.25, 0.3) is 11.4 Å². The highest BCUT2D eigenvalue weighted by Gasteiger charge is 2.35. The summed E-state index contributed by atoms with van der Waals surface area (Å²) in [4.78, 5) is 135. The number of hydrogen-bond acceptors (Lipinski definition) is 28. The molecule has 0 aliphatic heterocycles. The average Bonchev–Trinajstić information content (AvgIpc) is 0.803. The van der Waals surface area contributed by atoms with Crippen LogP contribution in [0.4, 0.5) is 21.0 Å². The lowest BCUT2D eigenvalue weighted by molar-refractivity contribution is -0.388. The molecule has 0 radical (unpaired) electrons. The van der Waals surface area contributed by atoms with E-state index < -0.39 is 146 Å². The number of esters is 7. The van der Waals surface area contributed by atoms with Gasteiger partial charge in [0.2, 0.25) is 20.0 Å². The molecule has 0 aromatic heterocycles. The summed E-state index contributed by atoms with van der Waals surface area (Å²) in [6, 6.07) is 9.71. The Morgan fingerprint density at radius 2 is 0.771 bits per heavy atom. The van der Waals surface area contributed by atoms with Crippen LogP contribution in [0.5, 0.6) is 0 Å². The maximum absolute atomic E-state index is 12.9. The smallest absolute Gasteiger partial charge is 0.410 e. The molecular weight excluding hydrogens is 1320 g/mol. The zero-order valence-corrected chi connectivity index (χ0v) is 59.5. The van der Waals surface area contributed by atoms with E-state index in [1.54, 1.807) is 104 Å². The molecule has 0 aliphatic rings. The Morgan fingerprint density at radius 3 is 1.10 bits per heavy atom. The molecule has 4 N–H and O–H groups in total. The predicted octanol–water partition coefficient (Wildman–Crippen LogP) is 5.60. The lowest BCUT2D eigenvalue weighted by Gasteiger charge is -2.28. The fourth-order valence-corrected chi connectivity index (χ4v) is 9.09. The number of ether oxygens (including phenoxy) is 9. The van der Waals surface area contributed by atoms with Gasteiger partial charge >= 0.3 is 59.9 Å². The van der Waals surface area contributed by atoms with Crippen LogP contribution in [-0.2, 0) is 101 Å². The van der Waals surface area contributed by atoms with Gasteiger partial charge < -0.3 is 53.5 Å². The SMILES string of the molecule is CC(C)(C)OC(=O)CN(CCC(=O)O)C(=O)OC(C)(C)C.COC(=O)CCN.COC(=O)CCN(CC(=O)OC(C)(C)C)C(=O)OC(C)(C)C.COC(=O)CCN(CC(=O)OC(C)(C)C)S(=O)(=O)c1ccccc1[N+](=O)[O-].COC(=O)CCNS(=O)(=O)c1ccccc1[N+](=O)[O-]. The molecule has 0 aliphatic carbocycles. The molecular formula is C59H95N7O28S2. The van der Waals surface area contributed by atoms with Crippen LogP contribution in [0.2, 0.25) is 0 Å². The molecule has 2 aromatic carbocycles. The molecule has 0 spiro atoms. The van der Waals surface area contributed by atoms with E-state index >= 15 is 0 Å². The van der Waals surface area contributed by atoms with Crippen LogP contribution in [0.1, 0.15) is 136 Å². The number of methoxy groups -OCH3 is 4. The number of para-hydroxylation sites is 2. The van der Waals surface area contributed by atoms with Crippen molar-refractivity contribution in [2.75, 3.05) is 80.8 Å². The number of carbonyl (C=O) groups is 10. The first-order chi connectivity index (χ1) is 43.7. The van der Waals surface area contributed by atoms with E-state index in [1.807, 2.05) is 0 Å². The van der Waals surface area contributed by atoms with Crippen LogP contribution < -0.4 is 10.5 Å². The normalized spacial score (nSPS) is 11.3. The zero-order valence-electron chi connectivity index (χ0n) is 57.9. The second kappa shape index (κ2) is 42.7. The molecule has 2 rings (SSSR count). The number of sulfonamides is 2. The molecule has 546 valence electrons. The Bertz CT molecular complexity index is 3140. The minimum atomic E-state index is -4.45. The minimum absolute atomic E-state index is 0.0147. The number of hydrogen-bond donors (Lipinski definition) is 3. The maximum Gasteiger partial charge on any atom is 0.410 e. The van der Waals surface area contributed by atoms with Crippen molar-refractivity contribution in [3.8, 4) is 0 Å². The van der Waals surface area contributed by atoms with Gasteiger partial charge in [-0.3, -0.25) is 68.4 Å². The van der Waals surface area contributed by atoms with Crippen LogP contribution in [-0.4, -0.2) is 215 Å². The molecule has 0 unspecified atom stereocenters. The van der Waals surface area contributed by atoms with Crippen molar-refractivity contribution >= 4 is 91.4 Å². The molecule has 0 bridgehead atoms. The monoisotopic (exact) mass is 1410 g/mol. The summed E-state index contributed by atoms with van der Waals surface area (Å²) in [5.74, 6) is -5.09. The molecule has 96 heavy (non-hydrogen) atoms. The van der Waals surface area contributed by atoms with Gasteiger partial charge in [-0.25, -0.2) is 31.1 Å². The highest BCUT2D eigenvalue weighted by atomic mass is 32.2. The summed E-state index contributed by atoms with van der Waals surface area (Å²) < 4.78 is 95.8. The number of nitrogens with zero attached hydrogens (tertiary/aromatic N) is 5. The van der Waals surface area contributed by atoms with Crippen molar-refractivity contribution in [3.63, 3.8) is 0 Å². The maximum atomic E-state index is 12.9. The zero-order chi connectivity index (χ0) is 75.4. The summed E-state index contributed by atoms with van der Waals surface area (Å²) in [7, 11) is -3.57. The number of amides is 2. The van der Waals surface area contributed by atoms with Crippen molar-refractivity contribution < 1.29 is 122 Å². The number of aliphatic carboxylic acids is 1. The van der Waals surface area contributed by atoms with Crippen molar-refractivity contribution in [1.29, 1.82) is 0 Å². The van der Waals surface area contributed by atoms with Crippen LogP contribution in [0, 0.1) is 20.2 Å². The first-order valence-corrected chi connectivity index (χ1v) is 31.9. The number of nitrogens with one attached hydrogen (secondary N) is 1. The van der Waals surface area contributed by atoms with Crippen molar-refractivity contribution in [3.05, 3.63) is 68.8 Å². The molecule has 37 heteroatoms. The number of benzene rings is 2. The third-order valence-corrected chi connectivity index (χ3v) is 13.6. The number of nitrogens with two attached hydrogens (primary N) is 1. The van der Waals surface area contributed by atoms with Gasteiger partial charge in [-0.05, 0) is 116 Å². The first kappa shape index (κ1) is 91.5. The summed E-state index contributed by atoms with van der Waals surface area (Å²) in [6.45, 7) is 23.7.